The van der Waals surface area contributed by atoms with Gasteiger partial charge in [0.25, 0.3) is 0 Å². The molecule has 0 spiro atoms. The molecule has 0 aromatic rings. The first-order chi connectivity index (χ1) is 1.73. The molecule has 0 fully saturated rings. The van der Waals surface area contributed by atoms with E-state index in [1.807, 2.05) is 0 Å². The molecule has 0 aromatic carbocycles. The number of hydrogen-bond donors (Lipinski definition) is 0. The van der Waals surface area contributed by atoms with Crippen LogP contribution < -0.4 is 0 Å². The Bertz CT molecular complexity index is 11.6. The zero-order valence-electron chi connectivity index (χ0n) is 1.63. The quantitative estimate of drug-likeness (QED) is 0.630. The fraction of sp³-hybridized carbons (Fsp3) is 1.00. The summed E-state index contributed by atoms with van der Waals surface area (Å²) < 4.78 is 0. The predicted octanol–water partition coefficient (Wildman–Crippen LogP) is 2.70. The van der Waals surface area contributed by atoms with Gasteiger partial charge in [0.05, 0.1) is 0 Å². The van der Waals surface area contributed by atoms with Crippen LogP contribution in [-0.4, -0.2) is 0 Å². The second-order valence-electron chi connectivity index (χ2n) is 0.214. The minimum atomic E-state index is -2.24. The molecule has 0 unspecified atom stereocenters. The van der Waals surface area contributed by atoms with Crippen LogP contribution in [0.2, 0.25) is 0 Å². The van der Waals surface area contributed by atoms with Crippen molar-refractivity contribution in [1.82, 2.24) is 0 Å². The Balaban J connectivity index is 0. The molecule has 0 aliphatic rings. The third-order valence-electron chi connectivity index (χ3n) is 0. The number of rotatable bonds is 0. The molecule has 0 atom stereocenters. The van der Waals surface area contributed by atoms with E-state index in [-0.39, 0.29) is 7.43 Å². The Labute approximate surface area is 53.7 Å². The van der Waals surface area contributed by atoms with Gasteiger partial charge in [0.15, 0.2) is 0 Å². The first kappa shape index (κ1) is 10.3. The van der Waals surface area contributed by atoms with Crippen LogP contribution >= 0.6 is 16.9 Å². The maximum absolute atomic E-state index is 5.02. The molecule has 0 bridgehead atoms. The first-order valence-electron chi connectivity index (χ1n) is 0.567. The maximum atomic E-state index is 5.02. The van der Waals surface area contributed by atoms with Crippen molar-refractivity contribution < 1.29 is 30.7 Å². The van der Waals surface area contributed by atoms with Crippen molar-refractivity contribution in [2.24, 2.45) is 0 Å². The topological polar surface area (TPSA) is 0 Å². The summed E-state index contributed by atoms with van der Waals surface area (Å²) in [5, 5.41) is 0. The molecule has 0 nitrogen and oxygen atoms in total. The molecule has 4 heteroatoms. The standard InChI is InChI=1S/CH4.Ce.3ClH/h1H4;;3*1H/q;+3;;;/p-3. The van der Waals surface area contributed by atoms with Gasteiger partial charge in [-0.2, -0.15) is 0 Å². The van der Waals surface area contributed by atoms with Crippen LogP contribution in [-0.2, 0) is 0 Å². The molecule has 0 saturated carbocycles. The van der Waals surface area contributed by atoms with Crippen LogP contribution in [0.3, 0.4) is 0 Å². The van der Waals surface area contributed by atoms with Gasteiger partial charge in [-0.3, -0.25) is 0 Å². The van der Waals surface area contributed by atoms with E-state index in [9.17, 15) is 0 Å². The Hall–Kier alpha value is 2.25. The minimum absolute atomic E-state index is 0. The van der Waals surface area contributed by atoms with E-state index in [1.165, 1.54) is 0 Å². The molecular weight excluding hydrogens is 258 g/mol. The Morgan fingerprint density at radius 3 is 1.00 bits per heavy atom. The van der Waals surface area contributed by atoms with E-state index in [4.69, 9.17) is 16.9 Å². The van der Waals surface area contributed by atoms with Crippen molar-refractivity contribution >= 4 is 16.9 Å². The van der Waals surface area contributed by atoms with Crippen LogP contribution in [0, 0.1) is 30.7 Å². The van der Waals surface area contributed by atoms with Gasteiger partial charge >= 0.3 is 47.6 Å². The molecule has 0 saturated heterocycles. The average molecular weight is 263 g/mol. The molecule has 0 aromatic heterocycles. The van der Waals surface area contributed by atoms with Crippen molar-refractivity contribution in [3.63, 3.8) is 0 Å². The molecule has 5 heavy (non-hydrogen) atoms. The van der Waals surface area contributed by atoms with Gasteiger partial charge in [-0.15, -0.1) is 0 Å². The van der Waals surface area contributed by atoms with Crippen molar-refractivity contribution in [2.45, 2.75) is 7.43 Å². The third-order valence-corrected chi connectivity index (χ3v) is 0. The fourth-order valence-electron chi connectivity index (χ4n) is 0. The molecule has 0 radical (unpaired) electrons. The van der Waals surface area contributed by atoms with Gasteiger partial charge in [-0.1, -0.05) is 7.43 Å². The summed E-state index contributed by atoms with van der Waals surface area (Å²) in [5.41, 5.74) is 15.1. The van der Waals surface area contributed by atoms with Crippen molar-refractivity contribution in [1.29, 1.82) is 0 Å². The molecule has 0 amide bonds. The summed E-state index contributed by atoms with van der Waals surface area (Å²) in [5.74, 6) is 0. The molecule has 0 N–H and O–H groups in total. The Morgan fingerprint density at radius 1 is 1.00 bits per heavy atom. The van der Waals surface area contributed by atoms with E-state index in [2.05, 4.69) is 0 Å². The number of hydrogen-bond acceptors (Lipinski definition) is 0. The van der Waals surface area contributed by atoms with E-state index in [1.54, 1.807) is 0 Å². The molecular formula is CH4CeCl3. The van der Waals surface area contributed by atoms with E-state index < -0.39 is 30.7 Å². The first-order valence-corrected chi connectivity index (χ1v) is 12.4. The summed E-state index contributed by atoms with van der Waals surface area (Å²) in [7, 11) is 0. The summed E-state index contributed by atoms with van der Waals surface area (Å²) in [6, 6.07) is 0. The van der Waals surface area contributed by atoms with Crippen molar-refractivity contribution in [3.05, 3.63) is 0 Å². The van der Waals surface area contributed by atoms with Crippen LogP contribution in [0.15, 0.2) is 0 Å². The van der Waals surface area contributed by atoms with Gasteiger partial charge in [-0.05, 0) is 0 Å². The van der Waals surface area contributed by atoms with E-state index >= 15 is 0 Å². The molecule has 0 rings (SSSR count). The van der Waals surface area contributed by atoms with Crippen LogP contribution in [0.25, 0.3) is 0 Å². The van der Waals surface area contributed by atoms with Gasteiger partial charge in [0.2, 0.25) is 0 Å². The molecule has 0 aliphatic heterocycles. The summed E-state index contributed by atoms with van der Waals surface area (Å²) >= 11 is -2.24. The van der Waals surface area contributed by atoms with Gasteiger partial charge in [-0.25, -0.2) is 0 Å². The Morgan fingerprint density at radius 2 is 1.00 bits per heavy atom. The van der Waals surface area contributed by atoms with Crippen LogP contribution in [0.1, 0.15) is 7.43 Å². The van der Waals surface area contributed by atoms with Crippen LogP contribution in [0.4, 0.5) is 0 Å². The molecule has 0 heterocycles. The SMILES string of the molecule is C.[Cl][Ce]([Cl])[Cl]. The molecule has 33 valence electrons. The summed E-state index contributed by atoms with van der Waals surface area (Å²) in [4.78, 5) is 0. The normalized spacial score (nSPS) is 5.40. The van der Waals surface area contributed by atoms with Crippen molar-refractivity contribution in [2.75, 3.05) is 0 Å². The second-order valence-corrected chi connectivity index (χ2v) is 14.0. The monoisotopic (exact) mass is 261 g/mol. The zero-order chi connectivity index (χ0) is 3.58. The number of halogens is 3. The second kappa shape index (κ2) is 6.25. The predicted molar refractivity (Wildman–Crippen MR) is 24.3 cm³/mol. The third kappa shape index (κ3) is 22.3. The van der Waals surface area contributed by atoms with Gasteiger partial charge in [0.1, 0.15) is 0 Å². The van der Waals surface area contributed by atoms with Crippen molar-refractivity contribution in [3.8, 4) is 0 Å². The van der Waals surface area contributed by atoms with E-state index in [0.717, 1.165) is 0 Å². The van der Waals surface area contributed by atoms with Gasteiger partial charge in [0, 0.05) is 0 Å². The zero-order valence-corrected chi connectivity index (χ0v) is 7.04. The summed E-state index contributed by atoms with van der Waals surface area (Å²) in [6.45, 7) is 0. The van der Waals surface area contributed by atoms with Crippen LogP contribution in [0.5, 0.6) is 0 Å². The van der Waals surface area contributed by atoms with Gasteiger partial charge < -0.3 is 0 Å². The van der Waals surface area contributed by atoms with E-state index in [0.29, 0.717) is 0 Å². The summed E-state index contributed by atoms with van der Waals surface area (Å²) in [6.07, 6.45) is 0. The fourth-order valence-corrected chi connectivity index (χ4v) is 0. The average Bonchev–Trinajstić information content (AvgIpc) is 0.811. The molecule has 0 aliphatic carbocycles. The Kier molecular flexibility index (Phi) is 12.8.